The number of halogens is 4. The van der Waals surface area contributed by atoms with Crippen LogP contribution < -0.4 is 15.8 Å². The largest absolute Gasteiger partial charge is 0.494 e. The van der Waals surface area contributed by atoms with E-state index in [0.717, 1.165) is 12.1 Å². The molecule has 3 N–H and O–H groups in total. The molecule has 0 atom stereocenters. The Bertz CT molecular complexity index is 656. The number of methoxy groups -OCH3 is 1. The van der Waals surface area contributed by atoms with Crippen molar-refractivity contribution in [2.45, 2.75) is 6.18 Å². The van der Waals surface area contributed by atoms with Gasteiger partial charge in [0.1, 0.15) is 0 Å². The van der Waals surface area contributed by atoms with Gasteiger partial charge in [-0.1, -0.05) is 0 Å². The molecule has 0 unspecified atom stereocenters. The van der Waals surface area contributed by atoms with Crippen LogP contribution in [0.1, 0.15) is 5.56 Å². The Labute approximate surface area is 118 Å². The van der Waals surface area contributed by atoms with Crippen molar-refractivity contribution in [2.24, 2.45) is 0 Å². The maximum absolute atomic E-state index is 13.3. The zero-order valence-corrected chi connectivity index (χ0v) is 11.0. The third-order valence-corrected chi connectivity index (χ3v) is 2.78. The molecule has 2 aromatic carbocycles. The van der Waals surface area contributed by atoms with Gasteiger partial charge in [0, 0.05) is 17.4 Å². The molecule has 0 saturated carbocycles. The quantitative estimate of drug-likeness (QED) is 0.660. The maximum atomic E-state index is 13.3. The van der Waals surface area contributed by atoms with Gasteiger partial charge in [0.2, 0.25) is 0 Å². The number of alkyl halides is 3. The van der Waals surface area contributed by atoms with Crippen molar-refractivity contribution in [3.8, 4) is 5.75 Å². The van der Waals surface area contributed by atoms with Crippen molar-refractivity contribution in [3.05, 3.63) is 47.8 Å². The fourth-order valence-electron chi connectivity index (χ4n) is 1.80. The normalized spacial score (nSPS) is 11.3. The fraction of sp³-hybridized carbons (Fsp3) is 0.143. The summed E-state index contributed by atoms with van der Waals surface area (Å²) < 4.78 is 56.9. The molecule has 0 aliphatic rings. The molecule has 0 radical (unpaired) electrons. The highest BCUT2D eigenvalue weighted by Crippen LogP contribution is 2.37. The predicted molar refractivity (Wildman–Crippen MR) is 72.1 cm³/mol. The molecule has 7 heteroatoms. The number of hydrogen-bond donors (Lipinski definition) is 2. The lowest BCUT2D eigenvalue weighted by molar-refractivity contribution is -0.136. The number of nitrogens with one attached hydrogen (secondary N) is 1. The Morgan fingerprint density at radius 2 is 1.81 bits per heavy atom. The zero-order chi connectivity index (χ0) is 15.6. The van der Waals surface area contributed by atoms with Crippen LogP contribution in [0, 0.1) is 5.82 Å². The number of anilines is 3. The number of nitrogen functional groups attached to an aromatic ring is 1. The Balaban J connectivity index is 2.40. The van der Waals surface area contributed by atoms with Crippen molar-refractivity contribution in [1.82, 2.24) is 0 Å². The van der Waals surface area contributed by atoms with Crippen molar-refractivity contribution in [3.63, 3.8) is 0 Å². The zero-order valence-electron chi connectivity index (χ0n) is 11.0. The summed E-state index contributed by atoms with van der Waals surface area (Å²) in [5.41, 5.74) is 4.58. The van der Waals surface area contributed by atoms with Gasteiger partial charge in [0.15, 0.2) is 11.6 Å². The molecule has 112 valence electrons. The van der Waals surface area contributed by atoms with Gasteiger partial charge in [-0.25, -0.2) is 4.39 Å². The minimum atomic E-state index is -4.55. The average Bonchev–Trinajstić information content (AvgIpc) is 2.41. The Kier molecular flexibility index (Phi) is 3.93. The molecule has 3 nitrogen and oxygen atoms in total. The van der Waals surface area contributed by atoms with Crippen LogP contribution in [0.5, 0.6) is 5.75 Å². The van der Waals surface area contributed by atoms with Gasteiger partial charge in [-0.15, -0.1) is 0 Å². The van der Waals surface area contributed by atoms with Crippen LogP contribution in [-0.2, 0) is 6.18 Å². The van der Waals surface area contributed by atoms with E-state index in [4.69, 9.17) is 10.5 Å². The van der Waals surface area contributed by atoms with Gasteiger partial charge in [0.05, 0.1) is 18.4 Å². The number of rotatable bonds is 3. The number of benzene rings is 2. The van der Waals surface area contributed by atoms with Crippen LogP contribution in [0.15, 0.2) is 36.4 Å². The molecule has 2 rings (SSSR count). The molecule has 0 aliphatic carbocycles. The lowest BCUT2D eigenvalue weighted by atomic mass is 10.1. The summed E-state index contributed by atoms with van der Waals surface area (Å²) in [6.07, 6.45) is -4.55. The fourth-order valence-corrected chi connectivity index (χ4v) is 1.80. The van der Waals surface area contributed by atoms with E-state index in [2.05, 4.69) is 5.32 Å². The standard InChI is InChI=1S/C14H12F4N2O/c1-21-13-7-9(3-4-11(13)15)20-12-5-2-8(19)6-10(12)14(16,17)18/h2-7,20H,19H2,1H3. The topological polar surface area (TPSA) is 47.3 Å². The summed E-state index contributed by atoms with van der Waals surface area (Å²) >= 11 is 0. The van der Waals surface area contributed by atoms with Crippen LogP contribution in [0.25, 0.3) is 0 Å². The third kappa shape index (κ3) is 3.36. The molecule has 0 heterocycles. The van der Waals surface area contributed by atoms with Crippen LogP contribution in [0.3, 0.4) is 0 Å². The van der Waals surface area contributed by atoms with E-state index in [9.17, 15) is 17.6 Å². The number of hydrogen-bond acceptors (Lipinski definition) is 3. The second-order valence-electron chi connectivity index (χ2n) is 4.28. The smallest absolute Gasteiger partial charge is 0.418 e. The minimum absolute atomic E-state index is 0.00422. The van der Waals surface area contributed by atoms with E-state index >= 15 is 0 Å². The first-order valence-electron chi connectivity index (χ1n) is 5.88. The molecule has 0 spiro atoms. The van der Waals surface area contributed by atoms with Crippen molar-refractivity contribution >= 4 is 17.1 Å². The Morgan fingerprint density at radius 1 is 1.10 bits per heavy atom. The Morgan fingerprint density at radius 3 is 2.43 bits per heavy atom. The molecular weight excluding hydrogens is 288 g/mol. The maximum Gasteiger partial charge on any atom is 0.418 e. The second kappa shape index (κ2) is 5.51. The number of ether oxygens (including phenoxy) is 1. The summed E-state index contributed by atoms with van der Waals surface area (Å²) in [4.78, 5) is 0. The summed E-state index contributed by atoms with van der Waals surface area (Å²) in [5, 5.41) is 2.59. The summed E-state index contributed by atoms with van der Waals surface area (Å²) in [7, 11) is 1.27. The highest BCUT2D eigenvalue weighted by Gasteiger charge is 2.33. The van der Waals surface area contributed by atoms with Crippen molar-refractivity contribution < 1.29 is 22.3 Å². The average molecular weight is 300 g/mol. The van der Waals surface area contributed by atoms with Gasteiger partial charge >= 0.3 is 6.18 Å². The van der Waals surface area contributed by atoms with Gasteiger partial charge < -0.3 is 15.8 Å². The van der Waals surface area contributed by atoms with Gasteiger partial charge in [-0.3, -0.25) is 0 Å². The first-order chi connectivity index (χ1) is 9.81. The van der Waals surface area contributed by atoms with E-state index in [1.165, 1.54) is 31.4 Å². The van der Waals surface area contributed by atoms with Crippen LogP contribution in [-0.4, -0.2) is 7.11 Å². The Hall–Kier alpha value is -2.44. The van der Waals surface area contributed by atoms with Crippen molar-refractivity contribution in [2.75, 3.05) is 18.2 Å². The molecule has 0 bridgehead atoms. The molecule has 0 aromatic heterocycles. The van der Waals surface area contributed by atoms with Gasteiger partial charge in [-0.2, -0.15) is 13.2 Å². The van der Waals surface area contributed by atoms with Gasteiger partial charge in [0.25, 0.3) is 0 Å². The van der Waals surface area contributed by atoms with E-state index in [-0.39, 0.29) is 22.8 Å². The monoisotopic (exact) mass is 300 g/mol. The van der Waals surface area contributed by atoms with E-state index < -0.39 is 17.6 Å². The van der Waals surface area contributed by atoms with Crippen LogP contribution in [0.4, 0.5) is 34.6 Å². The SMILES string of the molecule is COc1cc(Nc2ccc(N)cc2C(F)(F)F)ccc1F. The molecule has 0 amide bonds. The second-order valence-corrected chi connectivity index (χ2v) is 4.28. The molecule has 2 aromatic rings. The molecule has 21 heavy (non-hydrogen) atoms. The minimum Gasteiger partial charge on any atom is -0.494 e. The van der Waals surface area contributed by atoms with Crippen LogP contribution >= 0.6 is 0 Å². The highest BCUT2D eigenvalue weighted by molar-refractivity contribution is 5.67. The summed E-state index contributed by atoms with van der Waals surface area (Å²) in [6.45, 7) is 0. The first kappa shape index (κ1) is 15.0. The van der Waals surface area contributed by atoms with Crippen molar-refractivity contribution in [1.29, 1.82) is 0 Å². The predicted octanol–water partition coefficient (Wildman–Crippen LogP) is 4.18. The molecule has 0 aliphatic heterocycles. The van der Waals surface area contributed by atoms with E-state index in [1.54, 1.807) is 0 Å². The van der Waals surface area contributed by atoms with Crippen LogP contribution in [0.2, 0.25) is 0 Å². The molecule has 0 fully saturated rings. The first-order valence-corrected chi connectivity index (χ1v) is 5.88. The lowest BCUT2D eigenvalue weighted by Crippen LogP contribution is -2.09. The van der Waals surface area contributed by atoms with E-state index in [1.807, 2.05) is 0 Å². The summed E-state index contributed by atoms with van der Waals surface area (Å²) in [6, 6.07) is 7.08. The highest BCUT2D eigenvalue weighted by atomic mass is 19.4. The molecular formula is C14H12F4N2O. The molecule has 0 saturated heterocycles. The summed E-state index contributed by atoms with van der Waals surface area (Å²) in [5.74, 6) is -0.666. The van der Waals surface area contributed by atoms with Gasteiger partial charge in [-0.05, 0) is 30.3 Å². The third-order valence-electron chi connectivity index (χ3n) is 2.78. The number of nitrogens with two attached hydrogens (primary N) is 1. The lowest BCUT2D eigenvalue weighted by Gasteiger charge is -2.15. The van der Waals surface area contributed by atoms with E-state index in [0.29, 0.717) is 0 Å².